The summed E-state index contributed by atoms with van der Waals surface area (Å²) in [4.78, 5) is 20.8. The lowest BCUT2D eigenvalue weighted by Gasteiger charge is -2.40. The molecule has 0 aromatic carbocycles. The molecule has 9 heteroatoms. The number of hydrogen-bond acceptors (Lipinski definition) is 9. The highest BCUT2D eigenvalue weighted by molar-refractivity contribution is 5.75. The Morgan fingerprint density at radius 1 is 0.697 bits per heavy atom. The number of aliphatic hydroxyl groups is 4. The topological polar surface area (TPSA) is 111 Å². The molecule has 196 valence electrons. The molecule has 1 saturated heterocycles. The summed E-state index contributed by atoms with van der Waals surface area (Å²) in [6, 6.07) is 0.0697. The van der Waals surface area contributed by atoms with Crippen molar-refractivity contribution in [2.45, 2.75) is 77.9 Å². The van der Waals surface area contributed by atoms with Crippen molar-refractivity contribution in [1.29, 1.82) is 0 Å². The van der Waals surface area contributed by atoms with Gasteiger partial charge in [-0.2, -0.15) is 0 Å². The van der Waals surface area contributed by atoms with Gasteiger partial charge in [0.1, 0.15) is 5.78 Å². The number of aliphatic hydroxyl groups excluding tert-OH is 4. The Morgan fingerprint density at radius 2 is 1.09 bits per heavy atom. The first kappa shape index (κ1) is 30.4. The van der Waals surface area contributed by atoms with Crippen molar-refractivity contribution < 1.29 is 25.2 Å². The van der Waals surface area contributed by atoms with Crippen molar-refractivity contribution in [2.24, 2.45) is 0 Å². The molecule has 0 spiro atoms. The molecule has 1 aliphatic rings. The minimum atomic E-state index is -0.491. The maximum Gasteiger partial charge on any atom is 0.129 e. The first-order valence-corrected chi connectivity index (χ1v) is 12.6. The van der Waals surface area contributed by atoms with Gasteiger partial charge in [-0.15, -0.1) is 0 Å². The van der Waals surface area contributed by atoms with Gasteiger partial charge in [0.25, 0.3) is 0 Å². The zero-order chi connectivity index (χ0) is 25.0. The number of carbonyl (C=O) groups is 1. The number of β-amino-alcohol motifs (C(OH)–C–C–N with tert-alkyl or cyclic N) is 4. The largest absolute Gasteiger partial charge is 0.392 e. The second-order valence-electron chi connectivity index (χ2n) is 10.1. The van der Waals surface area contributed by atoms with Crippen LogP contribution in [0.4, 0.5) is 0 Å². The fourth-order valence-electron chi connectivity index (χ4n) is 4.62. The van der Waals surface area contributed by atoms with Crippen LogP contribution in [0.25, 0.3) is 0 Å². The van der Waals surface area contributed by atoms with E-state index in [4.69, 9.17) is 0 Å². The van der Waals surface area contributed by atoms with Gasteiger partial charge in [-0.3, -0.25) is 19.6 Å². The number of nitrogens with zero attached hydrogens (tertiary/aromatic N) is 4. The number of hydrogen-bond donors (Lipinski definition) is 4. The van der Waals surface area contributed by atoms with Crippen LogP contribution in [0.15, 0.2) is 0 Å². The molecule has 0 saturated carbocycles. The van der Waals surface area contributed by atoms with Gasteiger partial charge in [0, 0.05) is 84.5 Å². The molecule has 0 radical (unpaired) electrons. The Labute approximate surface area is 201 Å². The predicted molar refractivity (Wildman–Crippen MR) is 131 cm³/mol. The Hall–Kier alpha value is -0.650. The second-order valence-corrected chi connectivity index (χ2v) is 10.1. The Bertz CT molecular complexity index is 533. The SMILES string of the molecule is CC(=O)CCC1CN(CC(C)O)CCN(CC(C)O)CCN(CC(C)O)CCN1CC(C)O. The van der Waals surface area contributed by atoms with Crippen LogP contribution in [0.2, 0.25) is 0 Å². The molecular formula is C24H50N4O5. The molecule has 0 aliphatic carbocycles. The number of ketones is 1. The molecule has 1 heterocycles. The fourth-order valence-corrected chi connectivity index (χ4v) is 4.62. The molecule has 0 bridgehead atoms. The summed E-state index contributed by atoms with van der Waals surface area (Å²) in [6.07, 6.45) is -0.652. The fraction of sp³-hybridized carbons (Fsp3) is 0.958. The molecule has 4 N–H and O–H groups in total. The summed E-state index contributed by atoms with van der Waals surface area (Å²) in [5.74, 6) is 0.152. The summed E-state index contributed by atoms with van der Waals surface area (Å²) >= 11 is 0. The van der Waals surface area contributed by atoms with Crippen molar-refractivity contribution in [2.75, 3.05) is 72.0 Å². The van der Waals surface area contributed by atoms with E-state index in [1.807, 2.05) is 0 Å². The van der Waals surface area contributed by atoms with E-state index in [9.17, 15) is 25.2 Å². The van der Waals surface area contributed by atoms with Crippen LogP contribution in [0.1, 0.15) is 47.5 Å². The van der Waals surface area contributed by atoms with Gasteiger partial charge < -0.3 is 25.2 Å². The zero-order valence-electron chi connectivity index (χ0n) is 21.6. The van der Waals surface area contributed by atoms with Crippen LogP contribution >= 0.6 is 0 Å². The third-order valence-corrected chi connectivity index (χ3v) is 6.05. The highest BCUT2D eigenvalue weighted by atomic mass is 16.3. The molecule has 0 aromatic heterocycles. The van der Waals surface area contributed by atoms with Gasteiger partial charge in [0.2, 0.25) is 0 Å². The quantitative estimate of drug-likeness (QED) is 0.314. The van der Waals surface area contributed by atoms with E-state index in [1.54, 1.807) is 34.6 Å². The van der Waals surface area contributed by atoms with Crippen molar-refractivity contribution in [3.63, 3.8) is 0 Å². The lowest BCUT2D eigenvalue weighted by molar-refractivity contribution is -0.117. The molecule has 5 unspecified atom stereocenters. The highest BCUT2D eigenvalue weighted by Crippen LogP contribution is 2.14. The Kier molecular flexibility index (Phi) is 14.8. The monoisotopic (exact) mass is 474 g/mol. The summed E-state index contributed by atoms with van der Waals surface area (Å²) in [6.45, 7) is 16.2. The first-order valence-electron chi connectivity index (χ1n) is 12.6. The molecule has 1 fully saturated rings. The number of rotatable bonds is 11. The average molecular weight is 475 g/mol. The summed E-state index contributed by atoms with van der Waals surface area (Å²) in [7, 11) is 0. The van der Waals surface area contributed by atoms with E-state index >= 15 is 0 Å². The number of Topliss-reactive ketones (excluding diaryl/α,β-unsaturated/α-hetero) is 1. The van der Waals surface area contributed by atoms with Crippen LogP contribution in [0.5, 0.6) is 0 Å². The molecule has 1 rings (SSSR count). The van der Waals surface area contributed by atoms with E-state index in [-0.39, 0.29) is 11.8 Å². The standard InChI is InChI=1S/C24H50N4O5/c1-19(29)6-7-24-18-27(16-22(4)32)11-10-25(14-20(2)30)8-9-26(15-21(3)31)12-13-28(24)17-23(5)33/h20-24,30-33H,6-18H2,1-5H3. The summed E-state index contributed by atoms with van der Waals surface area (Å²) in [5.41, 5.74) is 0. The van der Waals surface area contributed by atoms with Crippen LogP contribution in [-0.4, -0.2) is 148 Å². The van der Waals surface area contributed by atoms with Gasteiger partial charge in [0.15, 0.2) is 0 Å². The summed E-state index contributed by atoms with van der Waals surface area (Å²) in [5, 5.41) is 40.3. The minimum Gasteiger partial charge on any atom is -0.392 e. The van der Waals surface area contributed by atoms with Crippen LogP contribution < -0.4 is 0 Å². The van der Waals surface area contributed by atoms with Crippen molar-refractivity contribution in [3.8, 4) is 0 Å². The molecule has 0 aromatic rings. The first-order chi connectivity index (χ1) is 15.5. The number of carbonyl (C=O) groups excluding carboxylic acids is 1. The third kappa shape index (κ3) is 14.4. The minimum absolute atomic E-state index is 0.0697. The van der Waals surface area contributed by atoms with Crippen LogP contribution in [0, 0.1) is 0 Å². The average Bonchev–Trinajstić information content (AvgIpc) is 2.67. The van der Waals surface area contributed by atoms with Gasteiger partial charge in [-0.1, -0.05) is 0 Å². The van der Waals surface area contributed by atoms with Crippen molar-refractivity contribution in [3.05, 3.63) is 0 Å². The van der Waals surface area contributed by atoms with Crippen molar-refractivity contribution >= 4 is 5.78 Å². The maximum atomic E-state index is 11.8. The predicted octanol–water partition coefficient (Wildman–Crippen LogP) is -0.531. The second kappa shape index (κ2) is 16.1. The van der Waals surface area contributed by atoms with Gasteiger partial charge >= 0.3 is 0 Å². The van der Waals surface area contributed by atoms with Gasteiger partial charge in [-0.25, -0.2) is 0 Å². The molecular weight excluding hydrogens is 424 g/mol. The van der Waals surface area contributed by atoms with E-state index in [0.717, 1.165) is 39.3 Å². The normalized spacial score (nSPS) is 25.1. The third-order valence-electron chi connectivity index (χ3n) is 6.05. The van der Waals surface area contributed by atoms with Gasteiger partial charge in [-0.05, 0) is 41.0 Å². The Morgan fingerprint density at radius 3 is 1.52 bits per heavy atom. The summed E-state index contributed by atoms with van der Waals surface area (Å²) < 4.78 is 0. The van der Waals surface area contributed by atoms with E-state index in [2.05, 4.69) is 19.6 Å². The molecule has 5 atom stereocenters. The zero-order valence-corrected chi connectivity index (χ0v) is 21.6. The van der Waals surface area contributed by atoms with E-state index < -0.39 is 24.4 Å². The van der Waals surface area contributed by atoms with Crippen LogP contribution in [0.3, 0.4) is 0 Å². The molecule has 0 amide bonds. The molecule has 1 aliphatic heterocycles. The smallest absolute Gasteiger partial charge is 0.129 e. The van der Waals surface area contributed by atoms with E-state index in [0.29, 0.717) is 45.6 Å². The molecule has 9 nitrogen and oxygen atoms in total. The van der Waals surface area contributed by atoms with Crippen molar-refractivity contribution in [1.82, 2.24) is 19.6 Å². The highest BCUT2D eigenvalue weighted by Gasteiger charge is 2.26. The maximum absolute atomic E-state index is 11.8. The van der Waals surface area contributed by atoms with Gasteiger partial charge in [0.05, 0.1) is 24.4 Å². The van der Waals surface area contributed by atoms with E-state index in [1.165, 1.54) is 0 Å². The van der Waals surface area contributed by atoms with Crippen LogP contribution in [-0.2, 0) is 4.79 Å². The molecule has 33 heavy (non-hydrogen) atoms. The lowest BCUT2D eigenvalue weighted by Crippen LogP contribution is -2.53. The lowest BCUT2D eigenvalue weighted by atomic mass is 10.1. The Balaban J connectivity index is 3.17.